The molecule has 2 aromatic carbocycles. The number of rotatable bonds is 0. The number of aryl methyl sites for hydroxylation is 4. The van der Waals surface area contributed by atoms with Crippen molar-refractivity contribution in [2.24, 2.45) is 0 Å². The highest BCUT2D eigenvalue weighted by molar-refractivity contribution is 9.11. The fourth-order valence-electron chi connectivity index (χ4n) is 4.75. The number of hydrogen-bond donors (Lipinski definition) is 1. The molecule has 8 heteroatoms. The first-order valence-electron chi connectivity index (χ1n) is 11.4. The van der Waals surface area contributed by atoms with Crippen molar-refractivity contribution in [1.29, 1.82) is 0 Å². The molecule has 0 bridgehead atoms. The largest absolute Gasteiger partial charge is 0.382 e. The number of halogens is 4. The molecule has 1 atom stereocenters. The number of pyridine rings is 2. The van der Waals surface area contributed by atoms with Gasteiger partial charge in [0.2, 0.25) is 5.78 Å². The number of aromatic nitrogens is 2. The molecule has 2 aliphatic rings. The van der Waals surface area contributed by atoms with Gasteiger partial charge in [-0.15, -0.1) is 0 Å². The minimum Gasteiger partial charge on any atom is -0.382 e. The zero-order chi connectivity index (χ0) is 25.4. The smallest absolute Gasteiger partial charge is 0.213 e. The Bertz CT molecular complexity index is 1490. The molecule has 2 aromatic heterocycles. The summed E-state index contributed by atoms with van der Waals surface area (Å²) >= 11 is 13.8. The lowest BCUT2D eigenvalue weighted by Gasteiger charge is -2.15. The molecule has 0 saturated heterocycles. The van der Waals surface area contributed by atoms with Crippen LogP contribution >= 0.6 is 63.7 Å². The van der Waals surface area contributed by atoms with Crippen LogP contribution in [0.5, 0.6) is 0 Å². The second-order valence-corrected chi connectivity index (χ2v) is 12.2. The van der Waals surface area contributed by atoms with Crippen LogP contribution in [0.4, 0.5) is 0 Å². The Morgan fingerprint density at radius 2 is 1.31 bits per heavy atom. The monoisotopic (exact) mass is 732 g/mol. The maximum absolute atomic E-state index is 12.6. The summed E-state index contributed by atoms with van der Waals surface area (Å²) in [7, 11) is 0. The first kappa shape index (κ1) is 25.9. The molecular weight excluding hydrogens is 716 g/mol. The number of fused-ring (bicyclic) bond motifs is 4. The highest BCUT2D eigenvalue weighted by Crippen LogP contribution is 2.36. The predicted octanol–water partition coefficient (Wildman–Crippen LogP) is 7.72. The van der Waals surface area contributed by atoms with Gasteiger partial charge in [0, 0.05) is 41.4 Å². The van der Waals surface area contributed by atoms with E-state index < -0.39 is 6.10 Å². The van der Waals surface area contributed by atoms with Crippen LogP contribution in [-0.2, 0) is 25.7 Å². The summed E-state index contributed by atoms with van der Waals surface area (Å²) in [5.74, 6) is 0.0116. The van der Waals surface area contributed by atoms with Gasteiger partial charge in [-0.3, -0.25) is 14.8 Å². The Labute approximate surface area is 243 Å². The SMILES string of the molecule is O=C1c2ncc(Br)cc2CCc2cccc(Br)c21.OC1c2ncc(Br)cc2CCc2cccc(Br)c21. The van der Waals surface area contributed by atoms with Gasteiger partial charge in [0.1, 0.15) is 11.8 Å². The first-order chi connectivity index (χ1) is 17.3. The van der Waals surface area contributed by atoms with E-state index in [1.54, 1.807) is 12.4 Å². The molecule has 0 radical (unpaired) electrons. The predicted molar refractivity (Wildman–Crippen MR) is 154 cm³/mol. The van der Waals surface area contributed by atoms with Crippen molar-refractivity contribution in [2.45, 2.75) is 31.8 Å². The van der Waals surface area contributed by atoms with E-state index in [1.165, 1.54) is 5.56 Å². The quantitative estimate of drug-likeness (QED) is 0.201. The van der Waals surface area contributed by atoms with Crippen LogP contribution in [-0.4, -0.2) is 20.9 Å². The number of aliphatic hydroxyl groups is 1. The Hall–Kier alpha value is -1.71. The van der Waals surface area contributed by atoms with Crippen LogP contribution in [0.2, 0.25) is 0 Å². The van der Waals surface area contributed by atoms with Gasteiger partial charge in [0.25, 0.3) is 0 Å². The lowest BCUT2D eigenvalue weighted by atomic mass is 10.0. The molecule has 6 rings (SSSR count). The van der Waals surface area contributed by atoms with Crippen molar-refractivity contribution in [3.05, 3.63) is 124 Å². The van der Waals surface area contributed by atoms with Gasteiger partial charge < -0.3 is 5.11 Å². The molecule has 182 valence electrons. The van der Waals surface area contributed by atoms with E-state index in [-0.39, 0.29) is 5.78 Å². The van der Waals surface area contributed by atoms with E-state index in [2.05, 4.69) is 79.8 Å². The highest BCUT2D eigenvalue weighted by Gasteiger charge is 2.26. The molecule has 0 fully saturated rings. The van der Waals surface area contributed by atoms with Crippen LogP contribution in [0.25, 0.3) is 0 Å². The molecule has 4 aromatic rings. The normalized spacial score (nSPS) is 15.8. The summed E-state index contributed by atoms with van der Waals surface area (Å²) in [5.41, 5.74) is 7.44. The van der Waals surface area contributed by atoms with Gasteiger partial charge in [-0.05, 0) is 104 Å². The van der Waals surface area contributed by atoms with Crippen molar-refractivity contribution < 1.29 is 9.90 Å². The lowest BCUT2D eigenvalue weighted by Crippen LogP contribution is -2.07. The number of aliphatic hydroxyl groups excluding tert-OH is 1. The van der Waals surface area contributed by atoms with Gasteiger partial charge in [-0.1, -0.05) is 56.1 Å². The van der Waals surface area contributed by atoms with E-state index in [0.717, 1.165) is 77.1 Å². The third-order valence-corrected chi connectivity index (χ3v) is 8.67. The number of carbonyl (C=O) groups is 1. The average molecular weight is 736 g/mol. The van der Waals surface area contributed by atoms with E-state index in [0.29, 0.717) is 5.69 Å². The number of benzene rings is 2. The topological polar surface area (TPSA) is 63.1 Å². The summed E-state index contributed by atoms with van der Waals surface area (Å²) in [5, 5.41) is 10.6. The number of ketones is 1. The van der Waals surface area contributed by atoms with Crippen LogP contribution in [0.3, 0.4) is 0 Å². The number of nitrogens with zero attached hydrogens (tertiary/aromatic N) is 2. The Balaban J connectivity index is 0.000000148. The van der Waals surface area contributed by atoms with E-state index in [1.807, 2.05) is 42.5 Å². The van der Waals surface area contributed by atoms with Gasteiger partial charge in [-0.25, -0.2) is 0 Å². The molecule has 1 N–H and O–H groups in total. The number of carbonyl (C=O) groups excluding carboxylic acids is 1. The number of hydrogen-bond acceptors (Lipinski definition) is 4. The Morgan fingerprint density at radius 3 is 2.08 bits per heavy atom. The molecule has 0 spiro atoms. The summed E-state index contributed by atoms with van der Waals surface area (Å²) in [6, 6.07) is 16.0. The maximum Gasteiger partial charge on any atom is 0.213 e. The van der Waals surface area contributed by atoms with Gasteiger partial charge >= 0.3 is 0 Å². The van der Waals surface area contributed by atoms with Crippen molar-refractivity contribution in [3.8, 4) is 0 Å². The fraction of sp³-hybridized carbons (Fsp3) is 0.179. The van der Waals surface area contributed by atoms with Crippen molar-refractivity contribution >= 4 is 69.5 Å². The van der Waals surface area contributed by atoms with Gasteiger partial charge in [0.15, 0.2) is 0 Å². The minimum absolute atomic E-state index is 0.0116. The molecular formula is C28H20Br4N2O2. The first-order valence-corrected chi connectivity index (χ1v) is 14.6. The van der Waals surface area contributed by atoms with Gasteiger partial charge in [-0.2, -0.15) is 0 Å². The highest BCUT2D eigenvalue weighted by atomic mass is 79.9. The summed E-state index contributed by atoms with van der Waals surface area (Å²) < 4.78 is 3.67. The fourth-order valence-corrected chi connectivity index (χ4v) is 6.71. The lowest BCUT2D eigenvalue weighted by molar-refractivity contribution is 0.103. The Kier molecular flexibility index (Phi) is 7.89. The zero-order valence-electron chi connectivity index (χ0n) is 18.9. The molecule has 2 heterocycles. The third kappa shape index (κ3) is 5.16. The molecule has 1 unspecified atom stereocenters. The Morgan fingerprint density at radius 1 is 0.722 bits per heavy atom. The van der Waals surface area contributed by atoms with E-state index in [9.17, 15) is 9.90 Å². The van der Waals surface area contributed by atoms with Crippen molar-refractivity contribution in [3.63, 3.8) is 0 Å². The molecule has 4 nitrogen and oxygen atoms in total. The van der Waals surface area contributed by atoms with Crippen molar-refractivity contribution in [2.75, 3.05) is 0 Å². The zero-order valence-corrected chi connectivity index (χ0v) is 25.3. The molecule has 36 heavy (non-hydrogen) atoms. The van der Waals surface area contributed by atoms with Crippen molar-refractivity contribution in [1.82, 2.24) is 9.97 Å². The standard InChI is InChI=1S/C14H11Br2NO.C14H9Br2NO/c2*15-10-6-9-5-4-8-2-1-3-11(16)12(8)14(18)13(9)17-7-10/h1-3,6-7,14,18H,4-5H2;1-3,6-7H,4-5H2. The molecule has 0 saturated carbocycles. The minimum atomic E-state index is -0.652. The van der Waals surface area contributed by atoms with E-state index >= 15 is 0 Å². The molecule has 0 aliphatic heterocycles. The molecule has 2 aliphatic carbocycles. The average Bonchev–Trinajstić information content (AvgIpc) is 3.09. The summed E-state index contributed by atoms with van der Waals surface area (Å²) in [4.78, 5) is 21.2. The van der Waals surface area contributed by atoms with Gasteiger partial charge in [0.05, 0.1) is 5.69 Å². The summed E-state index contributed by atoms with van der Waals surface area (Å²) in [6.45, 7) is 0. The van der Waals surface area contributed by atoms with Crippen LogP contribution in [0.1, 0.15) is 55.7 Å². The van der Waals surface area contributed by atoms with Crippen LogP contribution in [0, 0.1) is 0 Å². The van der Waals surface area contributed by atoms with E-state index in [4.69, 9.17) is 0 Å². The van der Waals surface area contributed by atoms with Crippen LogP contribution in [0.15, 0.2) is 78.8 Å². The second kappa shape index (κ2) is 11.0. The summed E-state index contributed by atoms with van der Waals surface area (Å²) in [6.07, 6.45) is 6.31. The van der Waals surface area contributed by atoms with Crippen LogP contribution < -0.4 is 0 Å². The maximum atomic E-state index is 12.6. The third-order valence-electron chi connectivity index (χ3n) is 6.45. The molecule has 0 amide bonds. The second-order valence-electron chi connectivity index (χ2n) is 8.68.